The molecule has 0 bridgehead atoms. The molecule has 5 nitrogen and oxygen atoms in total. The van der Waals surface area contributed by atoms with Gasteiger partial charge in [-0.15, -0.1) is 0 Å². The lowest BCUT2D eigenvalue weighted by Crippen LogP contribution is -2.00. The Morgan fingerprint density at radius 1 is 0.418 bits per heavy atom. The lowest BCUT2D eigenvalue weighted by atomic mass is 9.97. The van der Waals surface area contributed by atoms with Crippen LogP contribution in [-0.2, 0) is 0 Å². The second-order valence-electron chi connectivity index (χ2n) is 13.9. The van der Waals surface area contributed by atoms with E-state index in [0.29, 0.717) is 11.3 Å². The highest BCUT2D eigenvalue weighted by Crippen LogP contribution is 2.41. The molecule has 5 heteroatoms. The van der Waals surface area contributed by atoms with Crippen molar-refractivity contribution in [1.82, 2.24) is 13.7 Å². The normalized spacial score (nSPS) is 11.6. The van der Waals surface area contributed by atoms with Crippen molar-refractivity contribution in [2.45, 2.75) is 0 Å². The Morgan fingerprint density at radius 3 is 1.53 bits per heavy atom. The summed E-state index contributed by atoms with van der Waals surface area (Å²) in [7, 11) is 0. The van der Waals surface area contributed by atoms with Crippen molar-refractivity contribution in [2.24, 2.45) is 0 Å². The van der Waals surface area contributed by atoms with Crippen molar-refractivity contribution in [1.29, 1.82) is 5.26 Å². The van der Waals surface area contributed by atoms with Crippen LogP contribution in [0, 0.1) is 17.9 Å². The number of fused-ring (bicyclic) bond motifs is 9. The van der Waals surface area contributed by atoms with Crippen LogP contribution in [-0.4, -0.2) is 13.7 Å². The largest absolute Gasteiger partial charge is 0.310 e. The van der Waals surface area contributed by atoms with E-state index in [1.54, 1.807) is 0 Å². The molecule has 55 heavy (non-hydrogen) atoms. The summed E-state index contributed by atoms with van der Waals surface area (Å²) in [6.07, 6.45) is 0. The molecular formula is C50H29N5. The third-order valence-electron chi connectivity index (χ3n) is 11.1. The van der Waals surface area contributed by atoms with E-state index in [0.717, 1.165) is 61.0 Å². The van der Waals surface area contributed by atoms with Gasteiger partial charge in [-0.05, 0) is 78.4 Å². The minimum absolute atomic E-state index is 0.576. The SMILES string of the molecule is [C-]#[N+]c1ccc2c3ccccc3n(-c3cccc(C#N)c3-c3ccc(-n4c5ccccc5c5cc(-n6c7ccccc7c7ccccc76)ccc54)cc3)c2c1. The molecule has 8 aromatic carbocycles. The van der Waals surface area contributed by atoms with Gasteiger partial charge < -0.3 is 13.7 Å². The van der Waals surface area contributed by atoms with Crippen LogP contribution in [0.3, 0.4) is 0 Å². The van der Waals surface area contributed by atoms with Crippen molar-refractivity contribution in [3.63, 3.8) is 0 Å². The summed E-state index contributed by atoms with van der Waals surface area (Å²) in [5, 5.41) is 17.5. The molecule has 3 heterocycles. The van der Waals surface area contributed by atoms with Crippen LogP contribution >= 0.6 is 0 Å². The topological polar surface area (TPSA) is 42.9 Å². The summed E-state index contributed by atoms with van der Waals surface area (Å²) in [5.74, 6) is 0. The molecule has 0 aliphatic carbocycles. The summed E-state index contributed by atoms with van der Waals surface area (Å²) in [4.78, 5) is 3.74. The van der Waals surface area contributed by atoms with Crippen LogP contribution in [0.5, 0.6) is 0 Å². The number of nitrogens with zero attached hydrogens (tertiary/aromatic N) is 5. The van der Waals surface area contributed by atoms with Crippen molar-refractivity contribution >= 4 is 71.1 Å². The van der Waals surface area contributed by atoms with Gasteiger partial charge in [0.1, 0.15) is 0 Å². The first-order valence-electron chi connectivity index (χ1n) is 18.3. The highest BCUT2D eigenvalue weighted by molar-refractivity contribution is 6.13. The van der Waals surface area contributed by atoms with Gasteiger partial charge in [0.25, 0.3) is 0 Å². The van der Waals surface area contributed by atoms with Gasteiger partial charge in [0.2, 0.25) is 0 Å². The average molecular weight is 700 g/mol. The minimum Gasteiger partial charge on any atom is -0.310 e. The first-order chi connectivity index (χ1) is 27.2. The maximum atomic E-state index is 10.5. The third-order valence-corrected chi connectivity index (χ3v) is 11.1. The molecule has 0 atom stereocenters. The fraction of sp³-hybridized carbons (Fsp3) is 0. The van der Waals surface area contributed by atoms with E-state index in [4.69, 9.17) is 6.57 Å². The Hall–Kier alpha value is -7.86. The van der Waals surface area contributed by atoms with E-state index in [2.05, 4.69) is 158 Å². The highest BCUT2D eigenvalue weighted by atomic mass is 15.0. The maximum Gasteiger partial charge on any atom is 0.189 e. The highest BCUT2D eigenvalue weighted by Gasteiger charge is 2.20. The molecule has 0 aliphatic heterocycles. The molecule has 11 rings (SSSR count). The summed E-state index contributed by atoms with van der Waals surface area (Å²) in [6.45, 7) is 7.72. The molecule has 0 spiro atoms. The van der Waals surface area contributed by atoms with Gasteiger partial charge >= 0.3 is 0 Å². The molecule has 0 aliphatic rings. The van der Waals surface area contributed by atoms with Gasteiger partial charge in [0.05, 0.1) is 51.5 Å². The Labute approximate surface area is 316 Å². The molecule has 0 unspecified atom stereocenters. The number of hydrogen-bond acceptors (Lipinski definition) is 1. The van der Waals surface area contributed by atoms with Crippen LogP contribution < -0.4 is 0 Å². The molecule has 0 amide bonds. The lowest BCUT2D eigenvalue weighted by Gasteiger charge is -2.16. The van der Waals surface area contributed by atoms with Crippen LogP contribution in [0.4, 0.5) is 5.69 Å². The van der Waals surface area contributed by atoms with E-state index >= 15 is 0 Å². The van der Waals surface area contributed by atoms with E-state index in [-0.39, 0.29) is 0 Å². The molecule has 0 fully saturated rings. The molecule has 0 N–H and O–H groups in total. The fourth-order valence-electron chi connectivity index (χ4n) is 8.77. The molecule has 0 saturated heterocycles. The van der Waals surface area contributed by atoms with Crippen LogP contribution in [0.1, 0.15) is 5.56 Å². The summed E-state index contributed by atoms with van der Waals surface area (Å²) < 4.78 is 6.90. The molecule has 0 radical (unpaired) electrons. The number of rotatable bonds is 4. The molecule has 3 aromatic heterocycles. The quantitative estimate of drug-likeness (QED) is 0.169. The predicted octanol–water partition coefficient (Wildman–Crippen LogP) is 13.1. The van der Waals surface area contributed by atoms with Gasteiger partial charge in [-0.25, -0.2) is 4.85 Å². The second-order valence-corrected chi connectivity index (χ2v) is 13.9. The van der Waals surface area contributed by atoms with Crippen molar-refractivity contribution in [3.05, 3.63) is 193 Å². The van der Waals surface area contributed by atoms with Gasteiger partial charge in [-0.3, -0.25) is 0 Å². The van der Waals surface area contributed by atoms with Crippen molar-refractivity contribution in [3.8, 4) is 34.3 Å². The van der Waals surface area contributed by atoms with Gasteiger partial charge in [0, 0.05) is 54.8 Å². The minimum atomic E-state index is 0.576. The Kier molecular flexibility index (Phi) is 6.61. The van der Waals surface area contributed by atoms with Gasteiger partial charge in [0.15, 0.2) is 5.69 Å². The summed E-state index contributed by atoms with van der Waals surface area (Å²) in [6, 6.07) is 63.7. The monoisotopic (exact) mass is 699 g/mol. The second kappa shape index (κ2) is 11.8. The number of aromatic nitrogens is 3. The molecule has 11 aromatic rings. The van der Waals surface area contributed by atoms with Crippen molar-refractivity contribution < 1.29 is 0 Å². The first kappa shape index (κ1) is 30.7. The van der Waals surface area contributed by atoms with Gasteiger partial charge in [-0.1, -0.05) is 103 Å². The fourth-order valence-corrected chi connectivity index (χ4v) is 8.77. The zero-order valence-electron chi connectivity index (χ0n) is 29.5. The van der Waals surface area contributed by atoms with Crippen LogP contribution in [0.15, 0.2) is 176 Å². The molecular weight excluding hydrogens is 671 g/mol. The zero-order chi connectivity index (χ0) is 36.6. The zero-order valence-corrected chi connectivity index (χ0v) is 29.5. The summed E-state index contributed by atoms with van der Waals surface area (Å²) >= 11 is 0. The number of para-hydroxylation sites is 4. The standard InChI is InChI=1S/C50H29N5/c1-52-34-23-27-41-39-14-4-9-19-46(39)55(49(41)29-34)48-20-10-11-33(31-51)50(48)32-21-24-35(25-22-32)53-45-18-8-5-15-40(45)42-30-36(26-28-47(42)53)54-43-16-6-2-12-37(43)38-13-3-7-17-44(38)54/h2-30H. The van der Waals surface area contributed by atoms with Gasteiger partial charge in [-0.2, -0.15) is 5.26 Å². The number of nitriles is 1. The average Bonchev–Trinajstić information content (AvgIpc) is 3.88. The van der Waals surface area contributed by atoms with E-state index < -0.39 is 0 Å². The van der Waals surface area contributed by atoms with E-state index in [1.807, 2.05) is 42.5 Å². The molecule has 0 saturated carbocycles. The third kappa shape index (κ3) is 4.45. The number of hydrogen-bond donors (Lipinski definition) is 0. The Bertz CT molecular complexity index is 3400. The predicted molar refractivity (Wildman–Crippen MR) is 226 cm³/mol. The first-order valence-corrected chi connectivity index (χ1v) is 18.3. The van der Waals surface area contributed by atoms with Crippen LogP contribution in [0.2, 0.25) is 0 Å². The van der Waals surface area contributed by atoms with Crippen LogP contribution in [0.25, 0.3) is 98.5 Å². The lowest BCUT2D eigenvalue weighted by molar-refractivity contribution is 1.16. The van der Waals surface area contributed by atoms with Crippen molar-refractivity contribution in [2.75, 3.05) is 0 Å². The summed E-state index contributed by atoms with van der Waals surface area (Å²) in [5.41, 5.74) is 12.6. The Balaban J connectivity index is 1.09. The van der Waals surface area contributed by atoms with E-state index in [1.165, 1.54) is 32.6 Å². The van der Waals surface area contributed by atoms with E-state index in [9.17, 15) is 5.26 Å². The number of benzene rings is 8. The Morgan fingerprint density at radius 2 is 0.927 bits per heavy atom. The smallest absolute Gasteiger partial charge is 0.189 e. The molecule has 254 valence electrons. The maximum absolute atomic E-state index is 10.5.